The normalized spacial score (nSPS) is 11.6. The van der Waals surface area contributed by atoms with Gasteiger partial charge in [0.15, 0.2) is 0 Å². The molecule has 0 fully saturated rings. The number of rotatable bonds is 3. The van der Waals surface area contributed by atoms with Gasteiger partial charge in [0, 0.05) is 12.7 Å². The molecule has 0 saturated heterocycles. The van der Waals surface area contributed by atoms with Crippen molar-refractivity contribution in [2.45, 2.75) is 12.7 Å². The maximum Gasteiger partial charge on any atom is 0.401 e. The fraction of sp³-hybridized carbons (Fsp3) is 0.375. The van der Waals surface area contributed by atoms with Crippen LogP contribution >= 0.6 is 0 Å². The Balaban J connectivity index is 2.29. The number of pyridine rings is 1. The van der Waals surface area contributed by atoms with Crippen LogP contribution in [-0.2, 0) is 6.54 Å². The number of nitrogens with one attached hydrogen (secondary N) is 1. The molecule has 1 N–H and O–H groups in total. The molecule has 0 aliphatic heterocycles. The van der Waals surface area contributed by atoms with Crippen molar-refractivity contribution in [3.8, 4) is 0 Å². The van der Waals surface area contributed by atoms with Gasteiger partial charge in [-0.25, -0.2) is 0 Å². The summed E-state index contributed by atoms with van der Waals surface area (Å²) in [6, 6.07) is 5.12. The van der Waals surface area contributed by atoms with Crippen LogP contribution in [0.25, 0.3) is 0 Å². The van der Waals surface area contributed by atoms with E-state index in [1.54, 1.807) is 24.4 Å². The zero-order valence-electron chi connectivity index (χ0n) is 6.80. The van der Waals surface area contributed by atoms with Crippen LogP contribution in [0.2, 0.25) is 0 Å². The Morgan fingerprint density at radius 2 is 2.08 bits per heavy atom. The van der Waals surface area contributed by atoms with Crippen LogP contribution < -0.4 is 5.32 Å². The molecule has 0 aliphatic rings. The van der Waals surface area contributed by atoms with Crippen LogP contribution in [-0.4, -0.2) is 17.7 Å². The molecule has 13 heavy (non-hydrogen) atoms. The highest BCUT2D eigenvalue weighted by Crippen LogP contribution is 2.12. The van der Waals surface area contributed by atoms with E-state index in [-0.39, 0.29) is 6.54 Å². The number of hydrogen-bond acceptors (Lipinski definition) is 2. The van der Waals surface area contributed by atoms with Crippen LogP contribution in [0.3, 0.4) is 0 Å². The van der Waals surface area contributed by atoms with Crippen LogP contribution in [0.5, 0.6) is 0 Å². The zero-order chi connectivity index (χ0) is 9.73. The Kier molecular flexibility index (Phi) is 3.25. The van der Waals surface area contributed by atoms with E-state index < -0.39 is 12.7 Å². The molecule has 0 atom stereocenters. The first-order valence-corrected chi connectivity index (χ1v) is 3.75. The number of alkyl halides is 3. The second kappa shape index (κ2) is 4.23. The molecule has 0 aliphatic carbocycles. The first kappa shape index (κ1) is 9.98. The van der Waals surface area contributed by atoms with Gasteiger partial charge < -0.3 is 5.32 Å². The first-order valence-electron chi connectivity index (χ1n) is 3.75. The van der Waals surface area contributed by atoms with Gasteiger partial charge in [0.2, 0.25) is 0 Å². The van der Waals surface area contributed by atoms with Crippen LogP contribution in [0.15, 0.2) is 24.4 Å². The van der Waals surface area contributed by atoms with Crippen molar-refractivity contribution in [2.24, 2.45) is 0 Å². The molecule has 0 bridgehead atoms. The Morgan fingerprint density at radius 3 is 2.62 bits per heavy atom. The number of nitrogens with zero attached hydrogens (tertiary/aromatic N) is 1. The van der Waals surface area contributed by atoms with E-state index >= 15 is 0 Å². The summed E-state index contributed by atoms with van der Waals surface area (Å²) < 4.78 is 35.0. The molecule has 0 unspecified atom stereocenters. The van der Waals surface area contributed by atoms with E-state index in [2.05, 4.69) is 10.3 Å². The monoisotopic (exact) mass is 190 g/mol. The third-order valence-corrected chi connectivity index (χ3v) is 1.36. The molecule has 1 aromatic heterocycles. The Morgan fingerprint density at radius 1 is 1.31 bits per heavy atom. The lowest BCUT2D eigenvalue weighted by molar-refractivity contribution is -0.125. The summed E-state index contributed by atoms with van der Waals surface area (Å²) in [5, 5.41) is 2.25. The van der Waals surface area contributed by atoms with E-state index in [9.17, 15) is 13.2 Å². The van der Waals surface area contributed by atoms with Gasteiger partial charge in [0.25, 0.3) is 0 Å². The average molecular weight is 190 g/mol. The molecule has 0 amide bonds. The van der Waals surface area contributed by atoms with Crippen molar-refractivity contribution in [2.75, 3.05) is 6.54 Å². The van der Waals surface area contributed by atoms with Gasteiger partial charge in [-0.3, -0.25) is 4.98 Å². The van der Waals surface area contributed by atoms with E-state index in [0.717, 1.165) is 0 Å². The maximum absolute atomic E-state index is 11.7. The average Bonchev–Trinajstić information content (AvgIpc) is 2.04. The van der Waals surface area contributed by atoms with E-state index in [1.165, 1.54) is 0 Å². The zero-order valence-corrected chi connectivity index (χ0v) is 6.80. The third-order valence-electron chi connectivity index (χ3n) is 1.36. The summed E-state index contributed by atoms with van der Waals surface area (Å²) in [7, 11) is 0. The standard InChI is InChI=1S/C8H9F3N2/c9-8(10,11)6-12-5-7-3-1-2-4-13-7/h1-4,12H,5-6H2. The molecule has 1 aromatic rings. The molecule has 1 heterocycles. The minimum Gasteiger partial charge on any atom is -0.303 e. The second-order valence-electron chi connectivity index (χ2n) is 2.54. The molecule has 5 heteroatoms. The van der Waals surface area contributed by atoms with E-state index in [0.29, 0.717) is 5.69 Å². The highest BCUT2D eigenvalue weighted by molar-refractivity contribution is 5.02. The number of aromatic nitrogens is 1. The fourth-order valence-electron chi connectivity index (χ4n) is 0.835. The molecule has 0 radical (unpaired) electrons. The second-order valence-corrected chi connectivity index (χ2v) is 2.54. The van der Waals surface area contributed by atoms with Crippen LogP contribution in [0, 0.1) is 0 Å². The summed E-state index contributed by atoms with van der Waals surface area (Å²) in [5.41, 5.74) is 0.603. The third kappa shape index (κ3) is 4.47. The van der Waals surface area contributed by atoms with Gasteiger partial charge in [-0.05, 0) is 12.1 Å². The van der Waals surface area contributed by atoms with E-state index in [4.69, 9.17) is 0 Å². The van der Waals surface area contributed by atoms with E-state index in [1.807, 2.05) is 0 Å². The van der Waals surface area contributed by atoms with Gasteiger partial charge >= 0.3 is 6.18 Å². The Bertz CT molecular complexity index is 245. The van der Waals surface area contributed by atoms with Crippen molar-refractivity contribution >= 4 is 0 Å². The van der Waals surface area contributed by atoms with Gasteiger partial charge in [0.1, 0.15) is 0 Å². The highest BCUT2D eigenvalue weighted by atomic mass is 19.4. The molecule has 0 spiro atoms. The lowest BCUT2D eigenvalue weighted by atomic mass is 10.3. The number of halogens is 3. The summed E-state index contributed by atoms with van der Waals surface area (Å²) in [4.78, 5) is 3.87. The maximum atomic E-state index is 11.7. The van der Waals surface area contributed by atoms with Crippen molar-refractivity contribution in [3.63, 3.8) is 0 Å². The van der Waals surface area contributed by atoms with Gasteiger partial charge in [-0.15, -0.1) is 0 Å². The molecular formula is C8H9F3N2. The topological polar surface area (TPSA) is 24.9 Å². The summed E-state index contributed by atoms with van der Waals surface area (Å²) >= 11 is 0. The molecule has 0 aromatic carbocycles. The van der Waals surface area contributed by atoms with Crippen LogP contribution in [0.4, 0.5) is 13.2 Å². The fourth-order valence-corrected chi connectivity index (χ4v) is 0.835. The molecule has 72 valence electrons. The van der Waals surface area contributed by atoms with Gasteiger partial charge in [-0.2, -0.15) is 13.2 Å². The largest absolute Gasteiger partial charge is 0.401 e. The molecule has 1 rings (SSSR count). The van der Waals surface area contributed by atoms with Crippen molar-refractivity contribution in [1.82, 2.24) is 10.3 Å². The molecule has 2 nitrogen and oxygen atoms in total. The lowest BCUT2D eigenvalue weighted by Gasteiger charge is -2.06. The highest BCUT2D eigenvalue weighted by Gasteiger charge is 2.25. The number of hydrogen-bond donors (Lipinski definition) is 1. The quantitative estimate of drug-likeness (QED) is 0.785. The summed E-state index contributed by atoms with van der Waals surface area (Å²) in [6.07, 6.45) is -2.61. The Labute approximate surface area is 73.8 Å². The summed E-state index contributed by atoms with van der Waals surface area (Å²) in [5.74, 6) is 0. The van der Waals surface area contributed by atoms with Crippen molar-refractivity contribution in [1.29, 1.82) is 0 Å². The van der Waals surface area contributed by atoms with Gasteiger partial charge in [-0.1, -0.05) is 6.07 Å². The van der Waals surface area contributed by atoms with Crippen molar-refractivity contribution < 1.29 is 13.2 Å². The predicted octanol–water partition coefficient (Wildman–Crippen LogP) is 1.73. The summed E-state index contributed by atoms with van der Waals surface area (Å²) in [6.45, 7) is -0.843. The minimum atomic E-state index is -4.16. The molecule has 0 saturated carbocycles. The molecular weight excluding hydrogens is 181 g/mol. The first-order chi connectivity index (χ1) is 6.08. The predicted molar refractivity (Wildman–Crippen MR) is 42.0 cm³/mol. The SMILES string of the molecule is FC(F)(F)CNCc1ccccn1. The van der Waals surface area contributed by atoms with Gasteiger partial charge in [0.05, 0.1) is 12.2 Å². The lowest BCUT2D eigenvalue weighted by Crippen LogP contribution is -2.28. The van der Waals surface area contributed by atoms with Crippen LogP contribution in [0.1, 0.15) is 5.69 Å². The van der Waals surface area contributed by atoms with Crippen molar-refractivity contribution in [3.05, 3.63) is 30.1 Å². The Hall–Kier alpha value is -1.10. The smallest absolute Gasteiger partial charge is 0.303 e. The minimum absolute atomic E-state index is 0.139.